The zero-order chi connectivity index (χ0) is 16.0. The van der Waals surface area contributed by atoms with Crippen LogP contribution in [0.5, 0.6) is 0 Å². The fourth-order valence-corrected chi connectivity index (χ4v) is 7.32. The van der Waals surface area contributed by atoms with E-state index in [1.165, 1.54) is 31.2 Å². The van der Waals surface area contributed by atoms with Gasteiger partial charge in [-0.15, -0.1) is 0 Å². The predicted molar refractivity (Wildman–Crippen MR) is 86.5 cm³/mol. The molecule has 3 aromatic rings. The van der Waals surface area contributed by atoms with Gasteiger partial charge >= 0.3 is 140 Å². The first-order valence-electron chi connectivity index (χ1n) is 6.43. The van der Waals surface area contributed by atoms with Gasteiger partial charge in [-0.1, -0.05) is 0 Å². The standard InChI is InChI=1S/C13H10IN4O4S/c19-13-11-3-1-2-4-12(11)14(22-13)16-7-8-18(10-16)23(20,21)17-6-5-15-9-17/h1-10H/q+1. The molecule has 0 N–H and O–H groups in total. The van der Waals surface area contributed by atoms with E-state index in [2.05, 4.69) is 4.98 Å². The van der Waals surface area contributed by atoms with Crippen molar-refractivity contribution in [2.45, 2.75) is 0 Å². The molecule has 8 nitrogen and oxygen atoms in total. The summed E-state index contributed by atoms with van der Waals surface area (Å²) in [5, 5.41) is 0. The van der Waals surface area contributed by atoms with Gasteiger partial charge in [-0.2, -0.15) is 0 Å². The van der Waals surface area contributed by atoms with Crippen molar-refractivity contribution >= 4 is 36.7 Å². The number of hydrogen-bond donors (Lipinski definition) is 0. The second-order valence-electron chi connectivity index (χ2n) is 4.56. The number of hydrogen-bond acceptors (Lipinski definition) is 5. The topological polar surface area (TPSA) is 87.1 Å². The fraction of sp³-hybridized carbons (Fsp3) is 0. The van der Waals surface area contributed by atoms with Crippen molar-refractivity contribution in [3.05, 3.63) is 70.8 Å². The summed E-state index contributed by atoms with van der Waals surface area (Å²) in [6.45, 7) is 0. The normalized spacial score (nSPS) is 15.5. The van der Waals surface area contributed by atoms with Gasteiger partial charge in [0, 0.05) is 0 Å². The van der Waals surface area contributed by atoms with Gasteiger partial charge in [0.25, 0.3) is 0 Å². The molecule has 1 aliphatic heterocycles. The number of carbonyl (C=O) groups is 1. The molecule has 3 heterocycles. The van der Waals surface area contributed by atoms with E-state index in [4.69, 9.17) is 3.07 Å². The molecule has 0 aliphatic carbocycles. The predicted octanol–water partition coefficient (Wildman–Crippen LogP) is 0.838. The zero-order valence-corrected chi connectivity index (χ0v) is 14.5. The Labute approximate surface area is 139 Å². The summed E-state index contributed by atoms with van der Waals surface area (Å²) in [5.74, 6) is -0.358. The molecule has 0 saturated heterocycles. The molecule has 2 aromatic heterocycles. The molecule has 0 spiro atoms. The Morgan fingerprint density at radius 2 is 2.04 bits per heavy atom. The second kappa shape index (κ2) is 5.16. The van der Waals surface area contributed by atoms with Gasteiger partial charge in [-0.05, 0) is 0 Å². The van der Waals surface area contributed by atoms with Gasteiger partial charge in [0.1, 0.15) is 0 Å². The van der Waals surface area contributed by atoms with E-state index in [0.717, 1.165) is 11.5 Å². The molecule has 1 aromatic carbocycles. The number of imidazole rings is 2. The average molecular weight is 445 g/mol. The van der Waals surface area contributed by atoms with E-state index >= 15 is 0 Å². The molecule has 118 valence electrons. The zero-order valence-electron chi connectivity index (χ0n) is 11.5. The van der Waals surface area contributed by atoms with Crippen LogP contribution in [0.15, 0.2) is 61.7 Å². The van der Waals surface area contributed by atoms with E-state index in [9.17, 15) is 13.2 Å². The van der Waals surface area contributed by atoms with Crippen LogP contribution >= 0.6 is 20.5 Å². The molecule has 0 bridgehead atoms. The van der Waals surface area contributed by atoms with Gasteiger partial charge in [-0.3, -0.25) is 0 Å². The van der Waals surface area contributed by atoms with Gasteiger partial charge in [0.05, 0.1) is 0 Å². The number of carbonyl (C=O) groups excluding carboxylic acids is 1. The monoisotopic (exact) mass is 445 g/mol. The molecule has 4 rings (SSSR count). The summed E-state index contributed by atoms with van der Waals surface area (Å²) < 4.78 is 34.9. The molecule has 0 atom stereocenters. The van der Waals surface area contributed by atoms with Crippen LogP contribution in [0.4, 0.5) is 0 Å². The minimum atomic E-state index is -3.76. The molecule has 1 aliphatic rings. The molecule has 23 heavy (non-hydrogen) atoms. The van der Waals surface area contributed by atoms with Gasteiger partial charge in [0.15, 0.2) is 0 Å². The van der Waals surface area contributed by atoms with Crippen LogP contribution in [-0.2, 0) is 13.3 Å². The first kappa shape index (κ1) is 14.4. The van der Waals surface area contributed by atoms with Gasteiger partial charge < -0.3 is 0 Å². The molecule has 0 unspecified atom stereocenters. The molecule has 0 radical (unpaired) electrons. The Morgan fingerprint density at radius 3 is 2.83 bits per heavy atom. The van der Waals surface area contributed by atoms with Crippen molar-refractivity contribution in [1.29, 1.82) is 0 Å². The Hall–Kier alpha value is -2.21. The van der Waals surface area contributed by atoms with E-state index in [1.807, 2.05) is 12.1 Å². The molecule has 0 amide bonds. The fourth-order valence-electron chi connectivity index (χ4n) is 2.10. The van der Waals surface area contributed by atoms with Crippen molar-refractivity contribution in [3.8, 4) is 0 Å². The molecule has 0 fully saturated rings. The average Bonchev–Trinajstić information content (AvgIpc) is 3.28. The Morgan fingerprint density at radius 1 is 1.22 bits per heavy atom. The van der Waals surface area contributed by atoms with Crippen molar-refractivity contribution in [2.75, 3.05) is 0 Å². The van der Waals surface area contributed by atoms with Crippen LogP contribution in [0.1, 0.15) is 10.4 Å². The van der Waals surface area contributed by atoms with E-state index in [-0.39, 0.29) is 5.97 Å². The number of benzene rings is 1. The van der Waals surface area contributed by atoms with E-state index in [1.54, 1.807) is 21.1 Å². The quantitative estimate of drug-likeness (QED) is 0.441. The number of aromatic nitrogens is 4. The SMILES string of the molecule is O=C1OI(n2cc[n+](S(=O)(=O)n3ccnc3)c2)c2ccccc21. The maximum atomic E-state index is 12.4. The number of fused-ring (bicyclic) bond motifs is 1. The minimum absolute atomic E-state index is 0.358. The van der Waals surface area contributed by atoms with E-state index in [0.29, 0.717) is 5.56 Å². The van der Waals surface area contributed by atoms with Crippen LogP contribution < -0.4 is 3.97 Å². The first-order chi connectivity index (χ1) is 11.1. The molecular formula is C13H10IN4O4S+. The third-order valence-corrected chi connectivity index (χ3v) is 9.01. The van der Waals surface area contributed by atoms with Crippen molar-refractivity contribution in [3.63, 3.8) is 0 Å². The maximum absolute atomic E-state index is 12.4. The Bertz CT molecular complexity index is 997. The van der Waals surface area contributed by atoms with Crippen LogP contribution in [0.2, 0.25) is 0 Å². The summed E-state index contributed by atoms with van der Waals surface area (Å²) >= 11 is -2.47. The number of rotatable bonds is 3. The third-order valence-electron chi connectivity index (χ3n) is 3.18. The van der Waals surface area contributed by atoms with Gasteiger partial charge in [0.2, 0.25) is 0 Å². The Kier molecular flexibility index (Phi) is 3.23. The molecular weight excluding hydrogens is 435 g/mol. The van der Waals surface area contributed by atoms with Crippen LogP contribution in [0, 0.1) is 3.57 Å². The van der Waals surface area contributed by atoms with Crippen molar-refractivity contribution < 1.29 is 20.3 Å². The van der Waals surface area contributed by atoms with Crippen LogP contribution in [-0.4, -0.2) is 26.1 Å². The van der Waals surface area contributed by atoms with Crippen LogP contribution in [0.25, 0.3) is 0 Å². The van der Waals surface area contributed by atoms with Crippen molar-refractivity contribution in [2.24, 2.45) is 0 Å². The molecule has 0 saturated carbocycles. The summed E-state index contributed by atoms with van der Waals surface area (Å²) in [6, 6.07) is 7.18. The van der Waals surface area contributed by atoms with Crippen LogP contribution in [0.3, 0.4) is 0 Å². The number of nitrogens with zero attached hydrogens (tertiary/aromatic N) is 4. The van der Waals surface area contributed by atoms with E-state index < -0.39 is 30.7 Å². The summed E-state index contributed by atoms with van der Waals surface area (Å²) in [7, 11) is -3.76. The summed E-state index contributed by atoms with van der Waals surface area (Å²) in [5.41, 5.74) is 0.551. The summed E-state index contributed by atoms with van der Waals surface area (Å²) in [4.78, 5) is 15.6. The van der Waals surface area contributed by atoms with Crippen molar-refractivity contribution in [1.82, 2.24) is 11.7 Å². The third kappa shape index (κ3) is 2.25. The second-order valence-corrected chi connectivity index (χ2v) is 10.3. The van der Waals surface area contributed by atoms with Gasteiger partial charge in [-0.25, -0.2) is 0 Å². The summed E-state index contributed by atoms with van der Waals surface area (Å²) in [6.07, 6.45) is 8.40. The first-order valence-corrected chi connectivity index (χ1v) is 10.8. The number of halogens is 1. The Balaban J connectivity index is 1.74. The molecule has 10 heteroatoms.